The van der Waals surface area contributed by atoms with Gasteiger partial charge in [0, 0.05) is 10.2 Å². The highest BCUT2D eigenvalue weighted by Gasteiger charge is 1.97. The number of thiocarbonyl (C=S) groups is 1. The molecule has 0 aromatic heterocycles. The minimum Gasteiger partial charge on any atom is -0.497 e. The first-order valence-electron chi connectivity index (χ1n) is 6.84. The molecule has 2 rings (SSSR count). The average molecular weight is 390 g/mol. The molecule has 0 atom stereocenters. The Morgan fingerprint density at radius 3 is 2.48 bits per heavy atom. The molecule has 0 spiro atoms. The topological polar surface area (TPSA) is 45.6 Å². The second-order valence-electron chi connectivity index (χ2n) is 4.49. The van der Waals surface area contributed by atoms with Gasteiger partial charge in [-0.2, -0.15) is 5.10 Å². The average Bonchev–Trinajstić information content (AvgIpc) is 2.56. The molecule has 4 nitrogen and oxygen atoms in total. The summed E-state index contributed by atoms with van der Waals surface area (Å²) in [6, 6.07) is 17.4. The van der Waals surface area contributed by atoms with E-state index in [1.165, 1.54) is 0 Å². The molecule has 0 aliphatic rings. The number of nitrogens with one attached hydrogen (secondary N) is 2. The van der Waals surface area contributed by atoms with Gasteiger partial charge in [0.25, 0.3) is 0 Å². The van der Waals surface area contributed by atoms with Gasteiger partial charge in [-0.15, -0.1) is 0 Å². The van der Waals surface area contributed by atoms with E-state index >= 15 is 0 Å². The molecule has 0 aliphatic heterocycles. The molecule has 6 heteroatoms. The number of hydrogen-bond acceptors (Lipinski definition) is 3. The highest BCUT2D eigenvalue weighted by molar-refractivity contribution is 9.12. The molecule has 0 fully saturated rings. The Bertz CT molecular complexity index is 700. The predicted molar refractivity (Wildman–Crippen MR) is 104 cm³/mol. The van der Waals surface area contributed by atoms with Crippen LogP contribution in [0, 0.1) is 0 Å². The van der Waals surface area contributed by atoms with Crippen LogP contribution in [0.25, 0.3) is 6.08 Å². The normalized spacial score (nSPS) is 11.3. The van der Waals surface area contributed by atoms with Crippen molar-refractivity contribution in [2.75, 3.05) is 12.4 Å². The van der Waals surface area contributed by atoms with Gasteiger partial charge >= 0.3 is 0 Å². The zero-order valence-corrected chi connectivity index (χ0v) is 14.9. The van der Waals surface area contributed by atoms with Crippen LogP contribution in [0.15, 0.2) is 64.2 Å². The van der Waals surface area contributed by atoms with Gasteiger partial charge < -0.3 is 10.1 Å². The van der Waals surface area contributed by atoms with Gasteiger partial charge in [0.1, 0.15) is 5.75 Å². The predicted octanol–water partition coefficient (Wildman–Crippen LogP) is 4.40. The third-order valence-corrected chi connectivity index (χ3v) is 3.43. The van der Waals surface area contributed by atoms with Crippen LogP contribution in [0.4, 0.5) is 5.69 Å². The maximum atomic E-state index is 5.18. The number of rotatable bonds is 5. The lowest BCUT2D eigenvalue weighted by atomic mass is 10.2. The summed E-state index contributed by atoms with van der Waals surface area (Å²) in [4.78, 5) is 0. The van der Waals surface area contributed by atoms with Crippen molar-refractivity contribution in [3.8, 4) is 5.75 Å². The van der Waals surface area contributed by atoms with E-state index in [1.54, 1.807) is 13.3 Å². The first-order valence-corrected chi connectivity index (χ1v) is 8.04. The number of hydrazone groups is 1. The number of ether oxygens (including phenoxy) is 1. The maximum absolute atomic E-state index is 5.18. The quantitative estimate of drug-likeness (QED) is 0.451. The number of benzene rings is 2. The molecule has 0 unspecified atom stereocenters. The summed E-state index contributed by atoms with van der Waals surface area (Å²) in [5.41, 5.74) is 4.71. The molecule has 0 saturated carbocycles. The molecule has 0 radical (unpaired) electrons. The standard InChI is InChI=1S/C17H16BrN3OS/c1-22-16-9-7-15(8-10-16)20-17(23)21-19-12-14(18)11-13-5-3-2-4-6-13/h2-12H,1H3,(H2,20,21,23)/b14-11-,19-12-. The van der Waals surface area contributed by atoms with Crippen molar-refractivity contribution < 1.29 is 4.74 Å². The minimum absolute atomic E-state index is 0.409. The van der Waals surface area contributed by atoms with E-state index in [4.69, 9.17) is 17.0 Å². The van der Waals surface area contributed by atoms with E-state index in [1.807, 2.05) is 60.7 Å². The van der Waals surface area contributed by atoms with Crippen molar-refractivity contribution in [3.63, 3.8) is 0 Å². The largest absolute Gasteiger partial charge is 0.497 e. The Morgan fingerprint density at radius 2 is 1.83 bits per heavy atom. The van der Waals surface area contributed by atoms with Crippen LogP contribution in [-0.4, -0.2) is 18.4 Å². The molecule has 23 heavy (non-hydrogen) atoms. The number of nitrogens with zero attached hydrogens (tertiary/aromatic N) is 1. The van der Waals surface area contributed by atoms with Crippen molar-refractivity contribution >= 4 is 51.2 Å². The van der Waals surface area contributed by atoms with Crippen LogP contribution in [-0.2, 0) is 0 Å². The summed E-state index contributed by atoms with van der Waals surface area (Å²) >= 11 is 8.62. The van der Waals surface area contributed by atoms with E-state index in [0.29, 0.717) is 5.11 Å². The first kappa shape index (κ1) is 17.2. The van der Waals surface area contributed by atoms with E-state index in [0.717, 1.165) is 21.5 Å². The zero-order chi connectivity index (χ0) is 16.5. The van der Waals surface area contributed by atoms with Crippen LogP contribution < -0.4 is 15.5 Å². The fourth-order valence-electron chi connectivity index (χ4n) is 1.73. The number of allylic oxidation sites excluding steroid dienone is 1. The lowest BCUT2D eigenvalue weighted by Gasteiger charge is -2.07. The first-order chi connectivity index (χ1) is 11.2. The van der Waals surface area contributed by atoms with Crippen molar-refractivity contribution in [2.45, 2.75) is 0 Å². The Hall–Kier alpha value is -2.18. The Kier molecular flexibility index (Phi) is 6.77. The van der Waals surface area contributed by atoms with E-state index in [2.05, 4.69) is 31.8 Å². The number of anilines is 1. The summed E-state index contributed by atoms with van der Waals surface area (Å²) in [6.07, 6.45) is 3.61. The molecule has 0 aliphatic carbocycles. The SMILES string of the molecule is COc1ccc(NC(=S)N/N=C\C(Br)=C\c2ccccc2)cc1. The van der Waals surface area contributed by atoms with E-state index < -0.39 is 0 Å². The molecule has 118 valence electrons. The monoisotopic (exact) mass is 389 g/mol. The van der Waals surface area contributed by atoms with Gasteiger partial charge in [-0.05, 0) is 64.1 Å². The summed E-state index contributed by atoms with van der Waals surface area (Å²) in [7, 11) is 1.63. The van der Waals surface area contributed by atoms with E-state index in [-0.39, 0.29) is 0 Å². The third-order valence-electron chi connectivity index (χ3n) is 2.81. The zero-order valence-electron chi connectivity index (χ0n) is 12.5. The number of halogens is 1. The van der Waals surface area contributed by atoms with Crippen molar-refractivity contribution in [3.05, 3.63) is 64.6 Å². The van der Waals surface area contributed by atoms with Crippen LogP contribution in [0.5, 0.6) is 5.75 Å². The van der Waals surface area contributed by atoms with Gasteiger partial charge in [-0.1, -0.05) is 30.3 Å². The van der Waals surface area contributed by atoms with Gasteiger partial charge in [0.15, 0.2) is 5.11 Å². The summed E-state index contributed by atoms with van der Waals surface area (Å²) in [5.74, 6) is 0.794. The van der Waals surface area contributed by atoms with Crippen molar-refractivity contribution in [1.29, 1.82) is 0 Å². The van der Waals surface area contributed by atoms with Gasteiger partial charge in [0.2, 0.25) is 0 Å². The molecular formula is C17H16BrN3OS. The van der Waals surface area contributed by atoms with Gasteiger partial charge in [-0.25, -0.2) is 0 Å². The minimum atomic E-state index is 0.409. The Labute approximate surface area is 149 Å². The van der Waals surface area contributed by atoms with Crippen LogP contribution in [0.1, 0.15) is 5.56 Å². The number of methoxy groups -OCH3 is 1. The molecule has 0 bridgehead atoms. The highest BCUT2D eigenvalue weighted by atomic mass is 79.9. The fourth-order valence-corrected chi connectivity index (χ4v) is 2.27. The molecule has 0 saturated heterocycles. The maximum Gasteiger partial charge on any atom is 0.191 e. The molecular weight excluding hydrogens is 374 g/mol. The summed E-state index contributed by atoms with van der Waals surface area (Å²) in [6.45, 7) is 0. The van der Waals surface area contributed by atoms with Crippen molar-refractivity contribution in [1.82, 2.24) is 5.43 Å². The highest BCUT2D eigenvalue weighted by Crippen LogP contribution is 2.14. The van der Waals surface area contributed by atoms with Gasteiger partial charge in [-0.3, -0.25) is 5.43 Å². The number of hydrogen-bond donors (Lipinski definition) is 2. The fraction of sp³-hybridized carbons (Fsp3) is 0.0588. The van der Waals surface area contributed by atoms with Crippen LogP contribution in [0.3, 0.4) is 0 Å². The van der Waals surface area contributed by atoms with Crippen molar-refractivity contribution in [2.24, 2.45) is 5.10 Å². The molecule has 0 heterocycles. The van der Waals surface area contributed by atoms with Crippen LogP contribution in [0.2, 0.25) is 0 Å². The van der Waals surface area contributed by atoms with Crippen LogP contribution >= 0.6 is 28.1 Å². The Morgan fingerprint density at radius 1 is 1.13 bits per heavy atom. The second-order valence-corrected chi connectivity index (χ2v) is 5.82. The Balaban J connectivity index is 1.84. The summed E-state index contributed by atoms with van der Waals surface area (Å²) in [5, 5.41) is 7.52. The molecule has 0 amide bonds. The smallest absolute Gasteiger partial charge is 0.191 e. The molecule has 2 aromatic carbocycles. The molecule has 2 N–H and O–H groups in total. The third kappa shape index (κ3) is 6.22. The van der Waals surface area contributed by atoms with Gasteiger partial charge in [0.05, 0.1) is 13.3 Å². The lowest BCUT2D eigenvalue weighted by Crippen LogP contribution is -2.23. The lowest BCUT2D eigenvalue weighted by molar-refractivity contribution is 0.415. The molecule has 2 aromatic rings. The van der Waals surface area contributed by atoms with E-state index in [9.17, 15) is 0 Å². The summed E-state index contributed by atoms with van der Waals surface area (Å²) < 4.78 is 5.94. The second kappa shape index (κ2) is 9.07.